The first-order valence-corrected chi connectivity index (χ1v) is 8.25. The lowest BCUT2D eigenvalue weighted by Gasteiger charge is -2.08. The lowest BCUT2D eigenvalue weighted by atomic mass is 10.2. The summed E-state index contributed by atoms with van der Waals surface area (Å²) in [6, 6.07) is 11.6. The van der Waals surface area contributed by atoms with E-state index in [0.717, 1.165) is 0 Å². The minimum absolute atomic E-state index is 0.0285. The molecule has 134 valence electrons. The second kappa shape index (κ2) is 7.93. The van der Waals surface area contributed by atoms with Crippen LogP contribution in [0.4, 0.5) is 0 Å². The van der Waals surface area contributed by atoms with Gasteiger partial charge in [0.1, 0.15) is 23.3 Å². The Morgan fingerprint density at radius 1 is 1.15 bits per heavy atom. The molecule has 0 atom stereocenters. The summed E-state index contributed by atoms with van der Waals surface area (Å²) in [6.45, 7) is 0.260. The molecule has 0 aliphatic carbocycles. The summed E-state index contributed by atoms with van der Waals surface area (Å²) in [5, 5.41) is 9.33. The van der Waals surface area contributed by atoms with Crippen LogP contribution in [0.1, 0.15) is 12.8 Å². The second-order valence-corrected chi connectivity index (χ2v) is 5.87. The Labute approximate surface area is 153 Å². The maximum absolute atomic E-state index is 12.6. The molecule has 1 aromatic heterocycles. The minimum Gasteiger partial charge on any atom is -0.493 e. The number of aliphatic carboxylic acids is 1. The number of hydrogen-bond acceptors (Lipinski definition) is 5. The summed E-state index contributed by atoms with van der Waals surface area (Å²) in [7, 11) is 0. The van der Waals surface area contributed by atoms with Crippen LogP contribution in [0.5, 0.6) is 17.2 Å². The van der Waals surface area contributed by atoms with E-state index in [2.05, 4.69) is 0 Å². The van der Waals surface area contributed by atoms with Crippen LogP contribution in [0.15, 0.2) is 57.9 Å². The number of para-hydroxylation sites is 1. The van der Waals surface area contributed by atoms with Crippen LogP contribution in [-0.2, 0) is 4.79 Å². The van der Waals surface area contributed by atoms with Gasteiger partial charge in [0.2, 0.25) is 11.2 Å². The quantitative estimate of drug-likeness (QED) is 0.613. The van der Waals surface area contributed by atoms with Gasteiger partial charge in [-0.3, -0.25) is 9.59 Å². The number of carboxylic acid groups (broad SMARTS) is 1. The van der Waals surface area contributed by atoms with Crippen LogP contribution in [0.2, 0.25) is 5.02 Å². The van der Waals surface area contributed by atoms with Gasteiger partial charge in [0.05, 0.1) is 17.0 Å². The predicted molar refractivity (Wildman–Crippen MR) is 96.4 cm³/mol. The van der Waals surface area contributed by atoms with E-state index in [1.807, 2.05) is 0 Å². The highest BCUT2D eigenvalue weighted by molar-refractivity contribution is 6.32. The number of ether oxygens (including phenoxy) is 2. The van der Waals surface area contributed by atoms with Gasteiger partial charge in [0.25, 0.3) is 0 Å². The summed E-state index contributed by atoms with van der Waals surface area (Å²) >= 11 is 6.03. The topological polar surface area (TPSA) is 86.0 Å². The van der Waals surface area contributed by atoms with Gasteiger partial charge in [-0.15, -0.1) is 0 Å². The molecule has 3 aromatic rings. The van der Waals surface area contributed by atoms with E-state index in [0.29, 0.717) is 33.9 Å². The van der Waals surface area contributed by atoms with E-state index in [9.17, 15) is 9.59 Å². The fourth-order valence-corrected chi connectivity index (χ4v) is 2.48. The van der Waals surface area contributed by atoms with E-state index >= 15 is 0 Å². The van der Waals surface area contributed by atoms with E-state index in [4.69, 9.17) is 30.6 Å². The van der Waals surface area contributed by atoms with Gasteiger partial charge in [0, 0.05) is 12.5 Å². The largest absolute Gasteiger partial charge is 0.493 e. The molecular formula is C19H15ClO6. The summed E-state index contributed by atoms with van der Waals surface area (Å²) < 4.78 is 16.5. The zero-order valence-corrected chi connectivity index (χ0v) is 14.4. The average molecular weight is 375 g/mol. The highest BCUT2D eigenvalue weighted by atomic mass is 35.5. The summed E-state index contributed by atoms with van der Waals surface area (Å²) in [6.07, 6.45) is 1.65. The Kier molecular flexibility index (Phi) is 5.43. The maximum Gasteiger partial charge on any atom is 0.303 e. The lowest BCUT2D eigenvalue weighted by Crippen LogP contribution is -2.06. The van der Waals surface area contributed by atoms with Crippen LogP contribution in [-0.4, -0.2) is 17.7 Å². The average Bonchev–Trinajstić information content (AvgIpc) is 2.63. The Morgan fingerprint density at radius 2 is 1.96 bits per heavy atom. The number of carboxylic acids is 1. The molecule has 0 aliphatic heterocycles. The predicted octanol–water partition coefficient (Wildman–Crippen LogP) is 4.48. The van der Waals surface area contributed by atoms with Gasteiger partial charge in [0.15, 0.2) is 0 Å². The fraction of sp³-hybridized carbons (Fsp3) is 0.158. The summed E-state index contributed by atoms with van der Waals surface area (Å²) in [5.41, 5.74) is 0.0147. The molecule has 7 heteroatoms. The third-order valence-electron chi connectivity index (χ3n) is 3.57. The van der Waals surface area contributed by atoms with E-state index < -0.39 is 5.97 Å². The molecule has 6 nitrogen and oxygen atoms in total. The minimum atomic E-state index is -0.871. The van der Waals surface area contributed by atoms with Crippen molar-refractivity contribution in [2.45, 2.75) is 12.8 Å². The van der Waals surface area contributed by atoms with Crippen LogP contribution < -0.4 is 14.9 Å². The number of halogens is 1. The van der Waals surface area contributed by atoms with Crippen molar-refractivity contribution < 1.29 is 23.8 Å². The van der Waals surface area contributed by atoms with Crippen LogP contribution in [0.3, 0.4) is 0 Å². The highest BCUT2D eigenvalue weighted by Crippen LogP contribution is 2.28. The molecule has 0 amide bonds. The molecule has 2 aromatic carbocycles. The number of carbonyl (C=O) groups is 1. The number of fused-ring (bicyclic) bond motifs is 1. The molecule has 0 saturated carbocycles. The van der Waals surface area contributed by atoms with Gasteiger partial charge in [-0.05, 0) is 30.7 Å². The van der Waals surface area contributed by atoms with Crippen LogP contribution in [0, 0.1) is 0 Å². The molecule has 0 bridgehead atoms. The van der Waals surface area contributed by atoms with Gasteiger partial charge in [-0.25, -0.2) is 0 Å². The molecule has 0 saturated heterocycles. The molecular weight excluding hydrogens is 360 g/mol. The first-order valence-electron chi connectivity index (χ1n) is 7.87. The third-order valence-corrected chi connectivity index (χ3v) is 3.89. The number of hydrogen-bond donors (Lipinski definition) is 1. The maximum atomic E-state index is 12.6. The summed E-state index contributed by atoms with van der Waals surface area (Å²) in [5.74, 6) is 0.00916. The second-order valence-electron chi connectivity index (χ2n) is 5.47. The van der Waals surface area contributed by atoms with Crippen molar-refractivity contribution >= 4 is 28.5 Å². The number of rotatable bonds is 7. The third kappa shape index (κ3) is 4.15. The Morgan fingerprint density at radius 3 is 2.73 bits per heavy atom. The first-order chi connectivity index (χ1) is 12.5. The fourth-order valence-electron chi connectivity index (χ4n) is 2.31. The van der Waals surface area contributed by atoms with Crippen molar-refractivity contribution in [1.29, 1.82) is 0 Å². The van der Waals surface area contributed by atoms with E-state index in [1.54, 1.807) is 42.5 Å². The van der Waals surface area contributed by atoms with Crippen molar-refractivity contribution in [2.75, 3.05) is 6.61 Å². The molecule has 0 spiro atoms. The molecule has 3 rings (SSSR count). The zero-order valence-electron chi connectivity index (χ0n) is 13.6. The Bertz CT molecular complexity index is 995. The van der Waals surface area contributed by atoms with Crippen LogP contribution in [0.25, 0.3) is 11.0 Å². The molecule has 0 aliphatic rings. The first kappa shape index (κ1) is 17.8. The normalized spacial score (nSPS) is 10.7. The van der Waals surface area contributed by atoms with E-state index in [1.165, 1.54) is 6.26 Å². The van der Waals surface area contributed by atoms with Gasteiger partial charge in [-0.2, -0.15) is 0 Å². The lowest BCUT2D eigenvalue weighted by molar-refractivity contribution is -0.137. The molecule has 1 N–H and O–H groups in total. The van der Waals surface area contributed by atoms with Crippen molar-refractivity contribution in [2.24, 2.45) is 0 Å². The van der Waals surface area contributed by atoms with Crippen molar-refractivity contribution in [3.8, 4) is 17.2 Å². The number of benzene rings is 2. The highest BCUT2D eigenvalue weighted by Gasteiger charge is 2.11. The molecule has 0 unspecified atom stereocenters. The monoisotopic (exact) mass is 374 g/mol. The molecule has 0 fully saturated rings. The molecule has 1 heterocycles. The van der Waals surface area contributed by atoms with Crippen molar-refractivity contribution in [3.05, 3.63) is 64.0 Å². The van der Waals surface area contributed by atoms with Gasteiger partial charge >= 0.3 is 5.97 Å². The Balaban J connectivity index is 1.79. The van der Waals surface area contributed by atoms with E-state index in [-0.39, 0.29) is 24.2 Å². The summed E-state index contributed by atoms with van der Waals surface area (Å²) in [4.78, 5) is 23.0. The van der Waals surface area contributed by atoms with Crippen LogP contribution >= 0.6 is 11.6 Å². The molecule has 0 radical (unpaired) electrons. The zero-order chi connectivity index (χ0) is 18.5. The van der Waals surface area contributed by atoms with Crippen molar-refractivity contribution in [1.82, 2.24) is 0 Å². The van der Waals surface area contributed by atoms with Gasteiger partial charge < -0.3 is 19.0 Å². The smallest absolute Gasteiger partial charge is 0.303 e. The SMILES string of the molecule is O=C(O)CCCOc1ccc2c(=O)c(Oc3ccccc3Cl)coc2c1. The van der Waals surface area contributed by atoms with Crippen molar-refractivity contribution in [3.63, 3.8) is 0 Å². The Hall–Kier alpha value is -2.99. The van der Waals surface area contributed by atoms with Gasteiger partial charge in [-0.1, -0.05) is 23.7 Å². The molecule has 26 heavy (non-hydrogen) atoms. The standard InChI is InChI=1S/C19H15ClO6/c20-14-4-1-2-5-15(14)26-17-11-25-16-10-12(7-8-13(16)19(17)23)24-9-3-6-18(21)22/h1-2,4-5,7-8,10-11H,3,6,9H2,(H,21,22).